The summed E-state index contributed by atoms with van der Waals surface area (Å²) in [6.45, 7) is 6.38. The van der Waals surface area contributed by atoms with Gasteiger partial charge in [0.1, 0.15) is 18.2 Å². The van der Waals surface area contributed by atoms with Crippen LogP contribution in [-0.4, -0.2) is 86.6 Å². The first-order valence-corrected chi connectivity index (χ1v) is 12.2. The van der Waals surface area contributed by atoms with Crippen molar-refractivity contribution in [2.24, 2.45) is 0 Å². The molecule has 0 saturated carbocycles. The van der Waals surface area contributed by atoms with Gasteiger partial charge in [0, 0.05) is 31.6 Å². The molecule has 34 heavy (non-hydrogen) atoms. The normalized spacial score (nSPS) is 16.4. The Bertz CT molecular complexity index is 907. The van der Waals surface area contributed by atoms with E-state index in [1.807, 2.05) is 21.2 Å². The first-order valence-electron chi connectivity index (χ1n) is 11.3. The summed E-state index contributed by atoms with van der Waals surface area (Å²) >= 11 is 1.69. The summed E-state index contributed by atoms with van der Waals surface area (Å²) in [4.78, 5) is 18.4. The summed E-state index contributed by atoms with van der Waals surface area (Å²) in [7, 11) is 1.61. The molecule has 9 heteroatoms. The summed E-state index contributed by atoms with van der Waals surface area (Å²) < 4.78 is 29.7. The third kappa shape index (κ3) is 7.61. The van der Waals surface area contributed by atoms with Crippen molar-refractivity contribution >= 4 is 17.2 Å². The number of fused-ring (bicyclic) bond motifs is 1. The van der Waals surface area contributed by atoms with Crippen LogP contribution in [0.2, 0.25) is 0 Å². The van der Waals surface area contributed by atoms with Crippen molar-refractivity contribution in [3.63, 3.8) is 0 Å². The molecule has 3 rings (SSSR count). The highest BCUT2D eigenvalue weighted by Gasteiger charge is 2.33. The van der Waals surface area contributed by atoms with Crippen LogP contribution in [0.15, 0.2) is 48.4 Å². The summed E-state index contributed by atoms with van der Waals surface area (Å²) in [5.41, 5.74) is 1.09. The van der Waals surface area contributed by atoms with Crippen LogP contribution in [0, 0.1) is 5.82 Å². The molecule has 0 radical (unpaired) electrons. The van der Waals surface area contributed by atoms with E-state index in [0.717, 1.165) is 12.0 Å². The topological polar surface area (TPSA) is 71.5 Å². The molecular formula is C25H33FN2O5S. The van der Waals surface area contributed by atoms with Gasteiger partial charge in [-0.2, -0.15) is 0 Å². The van der Waals surface area contributed by atoms with E-state index in [1.165, 1.54) is 17.0 Å². The van der Waals surface area contributed by atoms with Crippen LogP contribution < -0.4 is 4.74 Å². The molecule has 0 fully saturated rings. The molecule has 1 N–H and O–H groups in total. The highest BCUT2D eigenvalue weighted by Crippen LogP contribution is 2.34. The summed E-state index contributed by atoms with van der Waals surface area (Å²) in [5.74, 6) is 0.190. The van der Waals surface area contributed by atoms with Gasteiger partial charge in [0.05, 0.1) is 38.5 Å². The standard InChI is InChI=1S/C25H33FN2O5S/c1-3-12-32-17-20(29)15-27(11-13-31-2)16-25(30)28-10-8-24-22(9-14-34-24)23(28)18-33-21-6-4-19(26)5-7-21/h3-7,9,14,20,23,29H,1,8,10-13,15-18H2,2H3. The minimum absolute atomic E-state index is 0.0418. The first-order chi connectivity index (χ1) is 16.5. The number of aliphatic hydroxyl groups is 1. The lowest BCUT2D eigenvalue weighted by Gasteiger charge is -2.37. The molecule has 0 aliphatic carbocycles. The van der Waals surface area contributed by atoms with Gasteiger partial charge < -0.3 is 24.2 Å². The van der Waals surface area contributed by atoms with Gasteiger partial charge in [0.25, 0.3) is 0 Å². The highest BCUT2D eigenvalue weighted by atomic mass is 32.1. The summed E-state index contributed by atoms with van der Waals surface area (Å²) in [6, 6.07) is 7.68. The average molecular weight is 493 g/mol. The van der Waals surface area contributed by atoms with Gasteiger partial charge in [-0.15, -0.1) is 17.9 Å². The van der Waals surface area contributed by atoms with Crippen LogP contribution >= 0.6 is 11.3 Å². The van der Waals surface area contributed by atoms with Crippen LogP contribution in [0.4, 0.5) is 4.39 Å². The van der Waals surface area contributed by atoms with E-state index in [9.17, 15) is 14.3 Å². The zero-order valence-corrected chi connectivity index (χ0v) is 20.3. The number of nitrogens with zero attached hydrogens (tertiary/aromatic N) is 2. The molecule has 2 atom stereocenters. The van der Waals surface area contributed by atoms with Crippen molar-refractivity contribution in [3.05, 3.63) is 64.6 Å². The molecule has 2 heterocycles. The van der Waals surface area contributed by atoms with Crippen molar-refractivity contribution in [1.82, 2.24) is 9.80 Å². The van der Waals surface area contributed by atoms with E-state index in [1.54, 1.807) is 36.7 Å². The minimum Gasteiger partial charge on any atom is -0.491 e. The number of thiophene rings is 1. The van der Waals surface area contributed by atoms with E-state index in [0.29, 0.717) is 38.6 Å². The molecule has 0 saturated heterocycles. The number of rotatable bonds is 14. The van der Waals surface area contributed by atoms with Gasteiger partial charge in [-0.25, -0.2) is 4.39 Å². The van der Waals surface area contributed by atoms with Gasteiger partial charge in [-0.1, -0.05) is 6.08 Å². The van der Waals surface area contributed by atoms with E-state index < -0.39 is 6.10 Å². The Balaban J connectivity index is 1.67. The quantitative estimate of drug-likeness (QED) is 0.323. The third-order valence-electron chi connectivity index (χ3n) is 5.62. The zero-order chi connectivity index (χ0) is 24.3. The largest absolute Gasteiger partial charge is 0.491 e. The average Bonchev–Trinajstić information content (AvgIpc) is 3.31. The zero-order valence-electron chi connectivity index (χ0n) is 19.5. The maximum Gasteiger partial charge on any atom is 0.237 e. The van der Waals surface area contributed by atoms with Crippen molar-refractivity contribution in [2.45, 2.75) is 18.6 Å². The van der Waals surface area contributed by atoms with Crippen molar-refractivity contribution < 1.29 is 28.5 Å². The number of halogens is 1. The molecule has 2 aromatic rings. The van der Waals surface area contributed by atoms with Crippen LogP contribution in [0.5, 0.6) is 5.75 Å². The molecule has 0 spiro atoms. The smallest absolute Gasteiger partial charge is 0.237 e. The molecule has 1 aliphatic rings. The second-order valence-corrected chi connectivity index (χ2v) is 9.13. The lowest BCUT2D eigenvalue weighted by atomic mass is 10.0. The van der Waals surface area contributed by atoms with Crippen molar-refractivity contribution in [2.75, 3.05) is 59.7 Å². The number of aliphatic hydroxyl groups excluding tert-OH is 1. The van der Waals surface area contributed by atoms with E-state index >= 15 is 0 Å². The lowest BCUT2D eigenvalue weighted by molar-refractivity contribution is -0.136. The van der Waals surface area contributed by atoms with Gasteiger partial charge in [0.15, 0.2) is 0 Å². The van der Waals surface area contributed by atoms with E-state index in [-0.39, 0.29) is 37.5 Å². The number of carbonyl (C=O) groups excluding carboxylic acids is 1. The van der Waals surface area contributed by atoms with Gasteiger partial charge in [-0.05, 0) is 47.7 Å². The number of carbonyl (C=O) groups is 1. The fourth-order valence-electron chi connectivity index (χ4n) is 3.96. The molecule has 0 bridgehead atoms. The molecule has 1 amide bonds. The molecule has 1 aliphatic heterocycles. The minimum atomic E-state index is -0.730. The fraction of sp³-hybridized carbons (Fsp3) is 0.480. The van der Waals surface area contributed by atoms with Crippen LogP contribution in [0.25, 0.3) is 0 Å². The molecule has 1 aromatic carbocycles. The van der Waals surface area contributed by atoms with E-state index in [4.69, 9.17) is 14.2 Å². The number of hydrogen-bond donors (Lipinski definition) is 1. The Kier molecular flexibility index (Phi) is 10.5. The Morgan fingerprint density at radius 3 is 2.91 bits per heavy atom. The van der Waals surface area contributed by atoms with Crippen LogP contribution in [-0.2, 0) is 20.7 Å². The van der Waals surface area contributed by atoms with Crippen LogP contribution in [0.1, 0.15) is 16.5 Å². The second kappa shape index (κ2) is 13.6. The van der Waals surface area contributed by atoms with E-state index in [2.05, 4.69) is 6.58 Å². The maximum atomic E-state index is 13.4. The highest BCUT2D eigenvalue weighted by molar-refractivity contribution is 7.10. The predicted octanol–water partition coefficient (Wildman–Crippen LogP) is 2.90. The van der Waals surface area contributed by atoms with Gasteiger partial charge in [0.2, 0.25) is 5.91 Å². The number of hydrogen-bond acceptors (Lipinski definition) is 7. The molecule has 2 unspecified atom stereocenters. The van der Waals surface area contributed by atoms with Gasteiger partial charge >= 0.3 is 0 Å². The summed E-state index contributed by atoms with van der Waals surface area (Å²) in [5, 5.41) is 12.4. The van der Waals surface area contributed by atoms with Crippen LogP contribution in [0.3, 0.4) is 0 Å². The molecule has 7 nitrogen and oxygen atoms in total. The SMILES string of the molecule is C=CCOCC(O)CN(CCOC)CC(=O)N1CCc2sccc2C1COc1ccc(F)cc1. The fourth-order valence-corrected chi connectivity index (χ4v) is 4.88. The third-order valence-corrected chi connectivity index (χ3v) is 6.62. The number of methoxy groups -OCH3 is 1. The Hall–Kier alpha value is -2.30. The Morgan fingerprint density at radius 2 is 2.18 bits per heavy atom. The number of ether oxygens (including phenoxy) is 3. The predicted molar refractivity (Wildman–Crippen MR) is 130 cm³/mol. The Morgan fingerprint density at radius 1 is 1.38 bits per heavy atom. The molecule has 186 valence electrons. The first kappa shape index (κ1) is 26.3. The summed E-state index contributed by atoms with van der Waals surface area (Å²) in [6.07, 6.45) is 1.69. The second-order valence-electron chi connectivity index (χ2n) is 8.12. The maximum absolute atomic E-state index is 13.4. The number of benzene rings is 1. The van der Waals surface area contributed by atoms with Crippen molar-refractivity contribution in [3.8, 4) is 5.75 Å². The number of amides is 1. The van der Waals surface area contributed by atoms with Crippen molar-refractivity contribution in [1.29, 1.82) is 0 Å². The molecule has 1 aromatic heterocycles. The monoisotopic (exact) mass is 492 g/mol. The molecular weight excluding hydrogens is 459 g/mol. The Labute approximate surface area is 204 Å². The van der Waals surface area contributed by atoms with Gasteiger partial charge in [-0.3, -0.25) is 9.69 Å². The lowest BCUT2D eigenvalue weighted by Crippen LogP contribution is -2.48.